The highest BCUT2D eigenvalue weighted by molar-refractivity contribution is 6.03. The second kappa shape index (κ2) is 9.23. The zero-order valence-corrected chi connectivity index (χ0v) is 17.8. The Kier molecular flexibility index (Phi) is 6.24. The fraction of sp³-hybridized carbons (Fsp3) is 0.308. The summed E-state index contributed by atoms with van der Waals surface area (Å²) in [5.74, 6) is -0.170. The van der Waals surface area contributed by atoms with Gasteiger partial charge in [0.15, 0.2) is 0 Å². The van der Waals surface area contributed by atoms with Gasteiger partial charge in [-0.05, 0) is 79.7 Å². The van der Waals surface area contributed by atoms with Crippen molar-refractivity contribution < 1.29 is 4.79 Å². The quantitative estimate of drug-likeness (QED) is 0.607. The van der Waals surface area contributed by atoms with Gasteiger partial charge in [-0.25, -0.2) is 0 Å². The minimum atomic E-state index is -0.170. The Morgan fingerprint density at radius 3 is 2.50 bits per heavy atom. The van der Waals surface area contributed by atoms with Crippen molar-refractivity contribution in [3.8, 4) is 11.1 Å². The molecule has 2 aromatic carbocycles. The molecule has 0 bridgehead atoms. The normalized spacial score (nSPS) is 14.5. The minimum absolute atomic E-state index is 0.170. The third kappa shape index (κ3) is 4.60. The summed E-state index contributed by atoms with van der Waals surface area (Å²) >= 11 is 0. The van der Waals surface area contributed by atoms with E-state index in [9.17, 15) is 4.79 Å². The van der Waals surface area contributed by atoms with Crippen LogP contribution in [0.4, 0.5) is 5.69 Å². The average Bonchev–Trinajstić information content (AvgIpc) is 2.78. The molecule has 30 heavy (non-hydrogen) atoms. The van der Waals surface area contributed by atoms with Crippen LogP contribution in [-0.2, 0) is 6.54 Å². The summed E-state index contributed by atoms with van der Waals surface area (Å²) in [4.78, 5) is 19.8. The highest BCUT2D eigenvalue weighted by atomic mass is 16.1. The van der Waals surface area contributed by atoms with Gasteiger partial charge in [0.1, 0.15) is 5.69 Å². The van der Waals surface area contributed by atoms with Gasteiger partial charge in [-0.3, -0.25) is 14.7 Å². The molecule has 4 rings (SSSR count). The van der Waals surface area contributed by atoms with E-state index in [2.05, 4.69) is 40.3 Å². The number of likely N-dealkylation sites (tertiary alicyclic amines) is 1. The topological polar surface area (TPSA) is 45.2 Å². The number of amides is 1. The molecule has 1 aliphatic rings. The van der Waals surface area contributed by atoms with E-state index < -0.39 is 0 Å². The summed E-state index contributed by atoms with van der Waals surface area (Å²) in [5.41, 5.74) is 6.91. The molecule has 154 valence electrons. The number of piperidine rings is 1. The molecule has 1 saturated heterocycles. The van der Waals surface area contributed by atoms with Crippen molar-refractivity contribution in [2.45, 2.75) is 39.7 Å². The lowest BCUT2D eigenvalue weighted by Gasteiger charge is -2.26. The Morgan fingerprint density at radius 2 is 1.77 bits per heavy atom. The van der Waals surface area contributed by atoms with Gasteiger partial charge >= 0.3 is 0 Å². The summed E-state index contributed by atoms with van der Waals surface area (Å²) in [5, 5.41) is 3.05. The Balaban J connectivity index is 1.49. The maximum Gasteiger partial charge on any atom is 0.274 e. The Morgan fingerprint density at radius 1 is 1.00 bits per heavy atom. The van der Waals surface area contributed by atoms with E-state index in [0.29, 0.717) is 5.69 Å². The Labute approximate surface area is 179 Å². The second-order valence-electron chi connectivity index (χ2n) is 8.13. The third-order valence-electron chi connectivity index (χ3n) is 5.96. The van der Waals surface area contributed by atoms with Gasteiger partial charge in [0, 0.05) is 18.4 Å². The fourth-order valence-corrected chi connectivity index (χ4v) is 4.12. The molecule has 0 radical (unpaired) electrons. The number of nitrogens with one attached hydrogen (secondary N) is 1. The van der Waals surface area contributed by atoms with Crippen LogP contribution >= 0.6 is 0 Å². The van der Waals surface area contributed by atoms with Crippen LogP contribution in [0.2, 0.25) is 0 Å². The number of carbonyl (C=O) groups is 1. The predicted molar refractivity (Wildman–Crippen MR) is 123 cm³/mol. The maximum atomic E-state index is 12.9. The molecule has 0 atom stereocenters. The highest BCUT2D eigenvalue weighted by Gasteiger charge is 2.15. The van der Waals surface area contributed by atoms with Gasteiger partial charge in [-0.2, -0.15) is 0 Å². The summed E-state index contributed by atoms with van der Waals surface area (Å²) in [6, 6.07) is 18.1. The van der Waals surface area contributed by atoms with Crippen LogP contribution in [0.25, 0.3) is 11.1 Å². The molecule has 1 aliphatic heterocycles. The standard InChI is InChI=1S/C26H29N3O/c1-19-16-25(27-17-22(19)18-29-14-7-4-8-15-29)26(30)28-24-13-9-12-23(20(24)2)21-10-5-3-6-11-21/h3,5-6,9-13,16-17H,4,7-8,14-15,18H2,1-2H3,(H,28,30). The van der Waals surface area contributed by atoms with Crippen molar-refractivity contribution in [2.75, 3.05) is 18.4 Å². The summed E-state index contributed by atoms with van der Waals surface area (Å²) in [6.45, 7) is 7.33. The molecule has 1 amide bonds. The van der Waals surface area contributed by atoms with E-state index in [1.54, 1.807) is 0 Å². The summed E-state index contributed by atoms with van der Waals surface area (Å²) < 4.78 is 0. The van der Waals surface area contributed by atoms with Gasteiger partial charge in [0.05, 0.1) is 0 Å². The van der Waals surface area contributed by atoms with E-state index in [1.807, 2.05) is 49.5 Å². The maximum absolute atomic E-state index is 12.9. The van der Waals surface area contributed by atoms with Crippen LogP contribution in [0.5, 0.6) is 0 Å². The number of hydrogen-bond acceptors (Lipinski definition) is 3. The minimum Gasteiger partial charge on any atom is -0.320 e. The molecule has 0 aliphatic carbocycles. The first-order valence-corrected chi connectivity index (χ1v) is 10.8. The molecule has 0 spiro atoms. The van der Waals surface area contributed by atoms with Crippen molar-refractivity contribution in [2.24, 2.45) is 0 Å². The lowest BCUT2D eigenvalue weighted by molar-refractivity contribution is 0.102. The predicted octanol–water partition coefficient (Wildman–Crippen LogP) is 5.60. The van der Waals surface area contributed by atoms with Crippen LogP contribution in [0.1, 0.15) is 46.4 Å². The number of benzene rings is 2. The lowest BCUT2D eigenvalue weighted by Crippen LogP contribution is -2.29. The van der Waals surface area contributed by atoms with E-state index >= 15 is 0 Å². The van der Waals surface area contributed by atoms with Crippen molar-refractivity contribution in [3.63, 3.8) is 0 Å². The largest absolute Gasteiger partial charge is 0.320 e. The highest BCUT2D eigenvalue weighted by Crippen LogP contribution is 2.28. The molecule has 4 heteroatoms. The number of aryl methyl sites for hydroxylation is 1. The van der Waals surface area contributed by atoms with E-state index in [4.69, 9.17) is 0 Å². The Bertz CT molecular complexity index is 1020. The molecule has 4 nitrogen and oxygen atoms in total. The molecule has 3 aromatic rings. The molecular weight excluding hydrogens is 370 g/mol. The van der Waals surface area contributed by atoms with Crippen LogP contribution in [0.15, 0.2) is 60.8 Å². The second-order valence-corrected chi connectivity index (χ2v) is 8.13. The molecule has 0 unspecified atom stereocenters. The zero-order valence-electron chi connectivity index (χ0n) is 17.8. The molecule has 1 fully saturated rings. The lowest BCUT2D eigenvalue weighted by atomic mass is 9.99. The van der Waals surface area contributed by atoms with Gasteiger partial charge in [0.2, 0.25) is 0 Å². The van der Waals surface area contributed by atoms with Gasteiger partial charge < -0.3 is 5.32 Å². The first kappa shape index (κ1) is 20.3. The molecule has 1 N–H and O–H groups in total. The summed E-state index contributed by atoms with van der Waals surface area (Å²) in [6.07, 6.45) is 5.74. The fourth-order valence-electron chi connectivity index (χ4n) is 4.12. The van der Waals surface area contributed by atoms with Crippen molar-refractivity contribution >= 4 is 11.6 Å². The number of pyridine rings is 1. The third-order valence-corrected chi connectivity index (χ3v) is 5.96. The van der Waals surface area contributed by atoms with Gasteiger partial charge in [0.25, 0.3) is 5.91 Å². The number of aromatic nitrogens is 1. The van der Waals surface area contributed by atoms with Crippen LogP contribution in [0.3, 0.4) is 0 Å². The van der Waals surface area contributed by atoms with E-state index in [0.717, 1.165) is 47.6 Å². The number of anilines is 1. The molecular formula is C26H29N3O. The van der Waals surface area contributed by atoms with Crippen LogP contribution in [0, 0.1) is 13.8 Å². The van der Waals surface area contributed by atoms with E-state index in [1.165, 1.54) is 24.8 Å². The van der Waals surface area contributed by atoms with Crippen LogP contribution < -0.4 is 5.32 Å². The van der Waals surface area contributed by atoms with Gasteiger partial charge in [-0.15, -0.1) is 0 Å². The van der Waals surface area contributed by atoms with Crippen molar-refractivity contribution in [1.82, 2.24) is 9.88 Å². The van der Waals surface area contributed by atoms with Crippen molar-refractivity contribution in [1.29, 1.82) is 0 Å². The summed E-state index contributed by atoms with van der Waals surface area (Å²) in [7, 11) is 0. The Hall–Kier alpha value is -2.98. The zero-order chi connectivity index (χ0) is 20.9. The van der Waals surface area contributed by atoms with E-state index in [-0.39, 0.29) is 5.91 Å². The first-order valence-electron chi connectivity index (χ1n) is 10.8. The number of carbonyl (C=O) groups excluding carboxylic acids is 1. The number of rotatable bonds is 5. The molecule has 2 heterocycles. The van der Waals surface area contributed by atoms with Crippen LogP contribution in [-0.4, -0.2) is 28.9 Å². The van der Waals surface area contributed by atoms with Crippen molar-refractivity contribution in [3.05, 3.63) is 83.2 Å². The number of hydrogen-bond donors (Lipinski definition) is 1. The molecule has 1 aromatic heterocycles. The SMILES string of the molecule is Cc1cc(C(=O)Nc2cccc(-c3ccccc3)c2C)ncc1CN1CCCCC1. The monoisotopic (exact) mass is 399 g/mol. The average molecular weight is 400 g/mol. The van der Waals surface area contributed by atoms with Gasteiger partial charge in [-0.1, -0.05) is 48.9 Å². The molecule has 0 saturated carbocycles. The smallest absolute Gasteiger partial charge is 0.274 e. The first-order chi connectivity index (χ1) is 14.6. The number of nitrogens with zero attached hydrogens (tertiary/aromatic N) is 2.